The highest BCUT2D eigenvalue weighted by atomic mass is 16.1. The maximum atomic E-state index is 10.2. The molecule has 2 aromatic heterocycles. The zero-order chi connectivity index (χ0) is 9.97. The average molecular weight is 188 g/mol. The van der Waals surface area contributed by atoms with E-state index in [9.17, 15) is 4.79 Å². The number of aldehydes is 1. The minimum atomic E-state index is 0.404. The second-order valence-electron chi connectivity index (χ2n) is 2.72. The molecule has 70 valence electrons. The van der Waals surface area contributed by atoms with Crippen molar-refractivity contribution in [3.63, 3.8) is 0 Å². The number of carbonyl (C=O) groups excluding carboxylic acids is 1. The highest BCUT2D eigenvalue weighted by Crippen LogP contribution is 2.21. The number of rotatable bonds is 2. The Balaban J connectivity index is 2.66. The third-order valence-corrected chi connectivity index (χ3v) is 1.88. The molecule has 2 rings (SSSR count). The van der Waals surface area contributed by atoms with E-state index in [2.05, 4.69) is 15.0 Å². The molecule has 0 saturated carbocycles. The van der Waals surface area contributed by atoms with Crippen LogP contribution in [0.5, 0.6) is 0 Å². The molecule has 5 nitrogen and oxygen atoms in total. The molecule has 0 radical (unpaired) electrons. The molecular formula is C9H8N4O. The van der Waals surface area contributed by atoms with Gasteiger partial charge in [0.05, 0.1) is 5.39 Å². The first-order valence-electron chi connectivity index (χ1n) is 4.02. The van der Waals surface area contributed by atoms with Crippen molar-refractivity contribution in [2.45, 2.75) is 0 Å². The molecule has 0 aliphatic heterocycles. The van der Waals surface area contributed by atoms with Gasteiger partial charge in [-0.15, -0.1) is 0 Å². The Hall–Kier alpha value is -2.17. The largest absolute Gasteiger partial charge is 0.383 e. The van der Waals surface area contributed by atoms with E-state index in [1.165, 1.54) is 12.4 Å². The average Bonchev–Trinajstić information content (AvgIpc) is 2.59. The first-order chi connectivity index (χ1) is 6.83. The third-order valence-electron chi connectivity index (χ3n) is 1.88. The number of allylic oxidation sites excluding steroid dienone is 1. The topological polar surface area (TPSA) is 84.7 Å². The molecule has 0 aromatic carbocycles. The lowest BCUT2D eigenvalue weighted by atomic mass is 10.2. The first-order valence-corrected chi connectivity index (χ1v) is 4.02. The fourth-order valence-electron chi connectivity index (χ4n) is 1.29. The summed E-state index contributed by atoms with van der Waals surface area (Å²) in [5, 5.41) is 0.741. The van der Waals surface area contributed by atoms with Crippen LogP contribution in [-0.2, 0) is 4.79 Å². The van der Waals surface area contributed by atoms with E-state index in [1.54, 1.807) is 12.3 Å². The number of nitrogens with two attached hydrogens (primary N) is 1. The first kappa shape index (κ1) is 8.43. The van der Waals surface area contributed by atoms with Gasteiger partial charge in [0.15, 0.2) is 0 Å². The van der Waals surface area contributed by atoms with Crippen LogP contribution in [0.3, 0.4) is 0 Å². The van der Waals surface area contributed by atoms with Crippen molar-refractivity contribution in [2.75, 3.05) is 5.73 Å². The van der Waals surface area contributed by atoms with Crippen LogP contribution >= 0.6 is 0 Å². The van der Waals surface area contributed by atoms with Gasteiger partial charge in [-0.2, -0.15) is 0 Å². The number of carbonyl (C=O) groups is 1. The van der Waals surface area contributed by atoms with Crippen molar-refractivity contribution in [1.29, 1.82) is 0 Å². The van der Waals surface area contributed by atoms with E-state index >= 15 is 0 Å². The van der Waals surface area contributed by atoms with Crippen molar-refractivity contribution in [3.05, 3.63) is 24.2 Å². The van der Waals surface area contributed by atoms with Gasteiger partial charge in [0, 0.05) is 11.8 Å². The number of anilines is 1. The molecule has 0 aliphatic carbocycles. The van der Waals surface area contributed by atoms with Gasteiger partial charge in [-0.25, -0.2) is 9.97 Å². The van der Waals surface area contributed by atoms with Crippen LogP contribution in [-0.4, -0.2) is 21.2 Å². The Morgan fingerprint density at radius 2 is 2.29 bits per heavy atom. The van der Waals surface area contributed by atoms with E-state index in [0.29, 0.717) is 17.8 Å². The molecule has 5 heteroatoms. The van der Waals surface area contributed by atoms with Crippen molar-refractivity contribution >= 4 is 29.2 Å². The third kappa shape index (κ3) is 1.24. The van der Waals surface area contributed by atoms with Gasteiger partial charge in [-0.05, 0) is 12.2 Å². The van der Waals surface area contributed by atoms with Gasteiger partial charge >= 0.3 is 0 Å². The number of fused-ring (bicyclic) bond motifs is 1. The molecule has 0 atom stereocenters. The smallest absolute Gasteiger partial charge is 0.143 e. The summed E-state index contributed by atoms with van der Waals surface area (Å²) in [7, 11) is 0. The zero-order valence-corrected chi connectivity index (χ0v) is 7.27. The van der Waals surface area contributed by atoms with Crippen LogP contribution in [0, 0.1) is 0 Å². The number of hydrogen-bond donors (Lipinski definition) is 2. The summed E-state index contributed by atoms with van der Waals surface area (Å²) in [6, 6.07) is 0. The Kier molecular flexibility index (Phi) is 1.98. The molecule has 0 unspecified atom stereocenters. The Labute approximate surface area is 79.7 Å². The van der Waals surface area contributed by atoms with E-state index < -0.39 is 0 Å². The minimum absolute atomic E-state index is 0.404. The number of hydrogen-bond acceptors (Lipinski definition) is 4. The van der Waals surface area contributed by atoms with Crippen molar-refractivity contribution in [2.24, 2.45) is 0 Å². The van der Waals surface area contributed by atoms with Crippen LogP contribution in [0.4, 0.5) is 5.82 Å². The van der Waals surface area contributed by atoms with Crippen LogP contribution < -0.4 is 5.73 Å². The summed E-state index contributed by atoms with van der Waals surface area (Å²) >= 11 is 0. The molecule has 0 spiro atoms. The monoisotopic (exact) mass is 188 g/mol. The molecule has 0 aliphatic rings. The minimum Gasteiger partial charge on any atom is -0.383 e. The summed E-state index contributed by atoms with van der Waals surface area (Å²) in [5.74, 6) is 0.404. The van der Waals surface area contributed by atoms with Crippen LogP contribution in [0.25, 0.3) is 17.1 Å². The Bertz CT molecular complexity index is 500. The van der Waals surface area contributed by atoms with Gasteiger partial charge in [-0.3, -0.25) is 4.79 Å². The summed E-state index contributed by atoms with van der Waals surface area (Å²) in [6.45, 7) is 0. The standard InChI is InChI=1S/C9H8N4O/c10-8-7-6(2-1-3-14)4-11-9(7)13-5-12-8/h1-5H,(H3,10,11,12,13). The normalized spacial score (nSPS) is 11.1. The lowest BCUT2D eigenvalue weighted by molar-refractivity contribution is -0.104. The number of H-pyrrole nitrogens is 1. The van der Waals surface area contributed by atoms with E-state index in [-0.39, 0.29) is 0 Å². The zero-order valence-electron chi connectivity index (χ0n) is 7.27. The molecule has 2 heterocycles. The summed E-state index contributed by atoms with van der Waals surface area (Å²) in [4.78, 5) is 21.0. The van der Waals surface area contributed by atoms with Gasteiger partial charge in [0.25, 0.3) is 0 Å². The predicted octanol–water partition coefficient (Wildman–Crippen LogP) is 0.752. The molecule has 14 heavy (non-hydrogen) atoms. The highest BCUT2D eigenvalue weighted by Gasteiger charge is 2.05. The molecule has 0 saturated heterocycles. The summed E-state index contributed by atoms with van der Waals surface area (Å²) in [5.41, 5.74) is 7.16. The Morgan fingerprint density at radius 1 is 1.43 bits per heavy atom. The Morgan fingerprint density at radius 3 is 3.07 bits per heavy atom. The SMILES string of the molecule is Nc1ncnc2[nH]cc(C=CC=O)c12. The van der Waals surface area contributed by atoms with Crippen molar-refractivity contribution in [1.82, 2.24) is 15.0 Å². The van der Waals surface area contributed by atoms with Gasteiger partial charge in [0.1, 0.15) is 24.1 Å². The van der Waals surface area contributed by atoms with Crippen LogP contribution in [0.15, 0.2) is 18.6 Å². The van der Waals surface area contributed by atoms with Crippen molar-refractivity contribution < 1.29 is 4.79 Å². The van der Waals surface area contributed by atoms with E-state index in [4.69, 9.17) is 5.73 Å². The maximum Gasteiger partial charge on any atom is 0.143 e. The second-order valence-corrected chi connectivity index (χ2v) is 2.72. The van der Waals surface area contributed by atoms with Gasteiger partial charge in [-0.1, -0.05) is 0 Å². The van der Waals surface area contributed by atoms with Crippen LogP contribution in [0.1, 0.15) is 5.56 Å². The summed E-state index contributed by atoms with van der Waals surface area (Å²) < 4.78 is 0. The molecule has 0 bridgehead atoms. The predicted molar refractivity (Wildman–Crippen MR) is 53.4 cm³/mol. The highest BCUT2D eigenvalue weighted by molar-refractivity contribution is 5.95. The fourth-order valence-corrected chi connectivity index (χ4v) is 1.29. The molecule has 3 N–H and O–H groups in total. The van der Waals surface area contributed by atoms with Gasteiger partial charge in [0.2, 0.25) is 0 Å². The number of aromatic nitrogens is 3. The molecule has 0 fully saturated rings. The fraction of sp³-hybridized carbons (Fsp3) is 0. The van der Waals surface area contributed by atoms with Crippen LogP contribution in [0.2, 0.25) is 0 Å². The second kappa shape index (κ2) is 3.29. The number of aromatic amines is 1. The maximum absolute atomic E-state index is 10.2. The van der Waals surface area contributed by atoms with E-state index in [0.717, 1.165) is 10.9 Å². The van der Waals surface area contributed by atoms with Crippen molar-refractivity contribution in [3.8, 4) is 0 Å². The summed E-state index contributed by atoms with van der Waals surface area (Å²) in [6.07, 6.45) is 6.89. The lowest BCUT2D eigenvalue weighted by Gasteiger charge is -1.94. The van der Waals surface area contributed by atoms with Gasteiger partial charge < -0.3 is 10.7 Å². The lowest BCUT2D eigenvalue weighted by Crippen LogP contribution is -1.92. The van der Waals surface area contributed by atoms with E-state index in [1.807, 2.05) is 0 Å². The number of nitrogens with zero attached hydrogens (tertiary/aromatic N) is 2. The quantitative estimate of drug-likeness (QED) is 0.538. The molecule has 0 amide bonds. The number of nitrogen functional groups attached to an aromatic ring is 1. The molecular weight excluding hydrogens is 180 g/mol. The number of nitrogens with one attached hydrogen (secondary N) is 1. The molecule has 2 aromatic rings.